The number of hydrogen-bond donors (Lipinski definition) is 2. The summed E-state index contributed by atoms with van der Waals surface area (Å²) in [5.41, 5.74) is 0.735. The molecule has 0 saturated carbocycles. The van der Waals surface area contributed by atoms with E-state index in [1.54, 1.807) is 24.3 Å². The number of alkyl halides is 3. The van der Waals surface area contributed by atoms with Crippen LogP contribution in [0.25, 0.3) is 0 Å². The molecular formula is C19H21ClF3N3O3S. The van der Waals surface area contributed by atoms with Gasteiger partial charge in [-0.3, -0.25) is 4.90 Å². The molecule has 0 aliphatic carbocycles. The van der Waals surface area contributed by atoms with E-state index < -0.39 is 28.2 Å². The fraction of sp³-hybridized carbons (Fsp3) is 0.368. The van der Waals surface area contributed by atoms with Gasteiger partial charge in [-0.25, -0.2) is 13.1 Å². The van der Waals surface area contributed by atoms with Crippen LogP contribution in [0.1, 0.15) is 11.6 Å². The van der Waals surface area contributed by atoms with E-state index in [4.69, 9.17) is 11.6 Å². The van der Waals surface area contributed by atoms with Gasteiger partial charge in [0.2, 0.25) is 10.0 Å². The van der Waals surface area contributed by atoms with E-state index >= 15 is 0 Å². The number of benzene rings is 2. The Balaban J connectivity index is 1.80. The predicted molar refractivity (Wildman–Crippen MR) is 107 cm³/mol. The topological polar surface area (TPSA) is 70.7 Å². The second-order valence-electron chi connectivity index (χ2n) is 6.80. The van der Waals surface area contributed by atoms with Crippen molar-refractivity contribution in [3.8, 4) is 5.75 Å². The second kappa shape index (κ2) is 9.52. The highest BCUT2D eigenvalue weighted by Gasteiger charge is 2.31. The lowest BCUT2D eigenvalue weighted by Gasteiger charge is -2.31. The molecule has 164 valence electrons. The summed E-state index contributed by atoms with van der Waals surface area (Å²) in [5, 5.41) is 3.77. The monoisotopic (exact) mass is 463 g/mol. The van der Waals surface area contributed by atoms with Crippen LogP contribution in [0.2, 0.25) is 5.02 Å². The SMILES string of the molecule is O=S(=O)(NC(CN1CCNCC1)c1ccc(Cl)cc1)c1ccc(OC(F)(F)F)cc1. The van der Waals surface area contributed by atoms with Crippen LogP contribution < -0.4 is 14.8 Å². The fourth-order valence-electron chi connectivity index (χ4n) is 3.13. The van der Waals surface area contributed by atoms with Crippen molar-refractivity contribution in [2.24, 2.45) is 0 Å². The first-order valence-electron chi connectivity index (χ1n) is 9.19. The van der Waals surface area contributed by atoms with Gasteiger partial charge in [-0.05, 0) is 42.0 Å². The Hall–Kier alpha value is -1.85. The maximum Gasteiger partial charge on any atom is 0.573 e. The molecule has 2 aromatic rings. The van der Waals surface area contributed by atoms with Crippen LogP contribution >= 0.6 is 11.6 Å². The average Bonchev–Trinajstić information content (AvgIpc) is 2.68. The van der Waals surface area contributed by atoms with Crippen LogP contribution in [-0.4, -0.2) is 52.4 Å². The number of nitrogens with zero attached hydrogens (tertiary/aromatic N) is 1. The van der Waals surface area contributed by atoms with Crippen LogP contribution in [0.15, 0.2) is 53.4 Å². The first kappa shape index (κ1) is 22.8. The van der Waals surface area contributed by atoms with Crippen molar-refractivity contribution in [2.75, 3.05) is 32.7 Å². The molecule has 0 radical (unpaired) electrons. The molecule has 30 heavy (non-hydrogen) atoms. The van der Waals surface area contributed by atoms with Gasteiger partial charge in [-0.15, -0.1) is 13.2 Å². The number of ether oxygens (including phenoxy) is 1. The Morgan fingerprint density at radius 3 is 2.23 bits per heavy atom. The highest BCUT2D eigenvalue weighted by Crippen LogP contribution is 2.25. The normalized spacial score (nSPS) is 16.9. The van der Waals surface area contributed by atoms with Crippen LogP contribution in [-0.2, 0) is 10.0 Å². The van der Waals surface area contributed by atoms with E-state index in [1.807, 2.05) is 0 Å². The molecule has 0 spiro atoms. The van der Waals surface area contributed by atoms with E-state index in [0.717, 1.165) is 56.0 Å². The Kier molecular flexibility index (Phi) is 7.25. The molecule has 0 amide bonds. The van der Waals surface area contributed by atoms with Crippen molar-refractivity contribution < 1.29 is 26.3 Å². The number of sulfonamides is 1. The van der Waals surface area contributed by atoms with E-state index in [9.17, 15) is 21.6 Å². The molecule has 3 rings (SSSR count). The van der Waals surface area contributed by atoms with Gasteiger partial charge in [-0.2, -0.15) is 0 Å². The summed E-state index contributed by atoms with van der Waals surface area (Å²) in [7, 11) is -3.99. The molecule has 1 unspecified atom stereocenters. The van der Waals surface area contributed by atoms with Gasteiger partial charge in [0, 0.05) is 37.7 Å². The van der Waals surface area contributed by atoms with Gasteiger partial charge in [0.1, 0.15) is 5.75 Å². The second-order valence-corrected chi connectivity index (χ2v) is 8.95. The predicted octanol–water partition coefficient (Wildman–Crippen LogP) is 3.16. The lowest BCUT2D eigenvalue weighted by molar-refractivity contribution is -0.274. The van der Waals surface area contributed by atoms with Gasteiger partial charge in [0.25, 0.3) is 0 Å². The summed E-state index contributed by atoms with van der Waals surface area (Å²) < 4.78 is 69.2. The summed E-state index contributed by atoms with van der Waals surface area (Å²) in [6.07, 6.45) is -4.85. The number of nitrogens with one attached hydrogen (secondary N) is 2. The summed E-state index contributed by atoms with van der Waals surface area (Å²) in [4.78, 5) is 1.98. The molecule has 6 nitrogen and oxygen atoms in total. The zero-order valence-electron chi connectivity index (χ0n) is 15.8. The largest absolute Gasteiger partial charge is 0.573 e. The molecule has 0 bridgehead atoms. The van der Waals surface area contributed by atoms with Crippen molar-refractivity contribution in [3.05, 3.63) is 59.1 Å². The number of hydrogen-bond acceptors (Lipinski definition) is 5. The van der Waals surface area contributed by atoms with Crippen molar-refractivity contribution >= 4 is 21.6 Å². The molecule has 0 aromatic heterocycles. The third-order valence-corrected chi connectivity index (χ3v) is 6.33. The smallest absolute Gasteiger partial charge is 0.406 e. The van der Waals surface area contributed by atoms with Crippen molar-refractivity contribution in [1.82, 2.24) is 14.9 Å². The van der Waals surface area contributed by atoms with Crippen LogP contribution in [0.5, 0.6) is 5.75 Å². The van der Waals surface area contributed by atoms with Crippen molar-refractivity contribution in [2.45, 2.75) is 17.3 Å². The van der Waals surface area contributed by atoms with E-state index in [-0.39, 0.29) is 4.90 Å². The molecule has 2 N–H and O–H groups in total. The highest BCUT2D eigenvalue weighted by molar-refractivity contribution is 7.89. The molecule has 1 aliphatic rings. The quantitative estimate of drug-likeness (QED) is 0.660. The first-order chi connectivity index (χ1) is 14.1. The number of halogens is 4. The lowest BCUT2D eigenvalue weighted by Crippen LogP contribution is -2.47. The minimum atomic E-state index is -4.85. The maximum atomic E-state index is 12.9. The van der Waals surface area contributed by atoms with E-state index in [0.29, 0.717) is 11.6 Å². The zero-order chi connectivity index (χ0) is 21.8. The minimum absolute atomic E-state index is 0.156. The van der Waals surface area contributed by atoms with Crippen LogP contribution in [0.3, 0.4) is 0 Å². The van der Waals surface area contributed by atoms with E-state index in [2.05, 4.69) is 19.7 Å². The molecule has 11 heteroatoms. The van der Waals surface area contributed by atoms with Gasteiger partial charge in [0.05, 0.1) is 10.9 Å². The van der Waals surface area contributed by atoms with Crippen LogP contribution in [0.4, 0.5) is 13.2 Å². The van der Waals surface area contributed by atoms with E-state index in [1.165, 1.54) is 0 Å². The Morgan fingerprint density at radius 1 is 1.07 bits per heavy atom. The Labute approximate surface area is 178 Å². The number of rotatable bonds is 7. The minimum Gasteiger partial charge on any atom is -0.406 e. The molecule has 1 heterocycles. The molecular weight excluding hydrogens is 443 g/mol. The highest BCUT2D eigenvalue weighted by atomic mass is 35.5. The third-order valence-electron chi connectivity index (χ3n) is 4.59. The Morgan fingerprint density at radius 2 is 1.67 bits per heavy atom. The summed E-state index contributed by atoms with van der Waals surface area (Å²) in [6.45, 7) is 3.60. The van der Waals surface area contributed by atoms with Gasteiger partial charge in [0.15, 0.2) is 0 Å². The lowest BCUT2D eigenvalue weighted by atomic mass is 10.1. The fourth-order valence-corrected chi connectivity index (χ4v) is 4.48. The zero-order valence-corrected chi connectivity index (χ0v) is 17.4. The maximum absolute atomic E-state index is 12.9. The summed E-state index contributed by atoms with van der Waals surface area (Å²) in [6, 6.07) is 10.4. The van der Waals surface area contributed by atoms with Crippen molar-refractivity contribution in [1.29, 1.82) is 0 Å². The third kappa shape index (κ3) is 6.58. The molecule has 1 fully saturated rings. The van der Waals surface area contributed by atoms with Crippen LogP contribution in [0, 0.1) is 0 Å². The molecule has 2 aromatic carbocycles. The first-order valence-corrected chi connectivity index (χ1v) is 11.1. The number of piperazine rings is 1. The molecule has 1 aliphatic heterocycles. The van der Waals surface area contributed by atoms with Gasteiger partial charge in [-0.1, -0.05) is 23.7 Å². The van der Waals surface area contributed by atoms with Crippen molar-refractivity contribution in [3.63, 3.8) is 0 Å². The average molecular weight is 464 g/mol. The summed E-state index contributed by atoms with van der Waals surface area (Å²) >= 11 is 5.95. The van der Waals surface area contributed by atoms with Gasteiger partial charge >= 0.3 is 6.36 Å². The van der Waals surface area contributed by atoms with Gasteiger partial charge < -0.3 is 10.1 Å². The summed E-state index contributed by atoms with van der Waals surface area (Å²) in [5.74, 6) is -0.489. The standard InChI is InChI=1S/C19H21ClF3N3O3S/c20-15-3-1-14(2-4-15)18(13-26-11-9-24-10-12-26)25-30(27,28)17-7-5-16(6-8-17)29-19(21,22)23/h1-8,18,24-25H,9-13H2. The Bertz CT molecular complexity index is 932. The molecule has 1 atom stereocenters. The molecule has 1 saturated heterocycles.